The van der Waals surface area contributed by atoms with Gasteiger partial charge in [0.05, 0.1) is 6.61 Å². The van der Waals surface area contributed by atoms with Crippen LogP contribution >= 0.6 is 0 Å². The highest BCUT2D eigenvalue weighted by Crippen LogP contribution is 2.18. The molecule has 2 fully saturated rings. The number of anilines is 1. The van der Waals surface area contributed by atoms with Gasteiger partial charge in [0.15, 0.2) is 0 Å². The normalized spacial score (nSPS) is 17.8. The van der Waals surface area contributed by atoms with E-state index in [0.717, 1.165) is 5.69 Å². The molecule has 0 saturated carbocycles. The number of hydrogen-bond acceptors (Lipinski definition) is 5. The summed E-state index contributed by atoms with van der Waals surface area (Å²) in [5, 5.41) is 2.84. The molecule has 0 bridgehead atoms. The molecule has 29 heavy (non-hydrogen) atoms. The molecule has 1 N–H and O–H groups in total. The van der Waals surface area contributed by atoms with Gasteiger partial charge < -0.3 is 24.8 Å². The fourth-order valence-electron chi connectivity index (χ4n) is 3.80. The van der Waals surface area contributed by atoms with Crippen LogP contribution in [0.5, 0.6) is 0 Å². The third-order valence-corrected chi connectivity index (χ3v) is 5.48. The fraction of sp³-hybridized carbons (Fsp3) is 0.571. The van der Waals surface area contributed by atoms with E-state index in [1.807, 2.05) is 6.07 Å². The molecular formula is C21H30N4O4. The lowest BCUT2D eigenvalue weighted by Gasteiger charge is -2.36. The standard InChI is InChI=1S/C21H30N4O4/c1-3-29-21(28)25-9-7-17(8-10-25)22-19(26)20(27)24-13-11-23(12-14-24)18-6-4-5-16(2)15-18/h4-6,15,17H,3,7-14H2,1-2H3,(H,22,26). The van der Waals surface area contributed by atoms with Gasteiger partial charge in [0.1, 0.15) is 0 Å². The summed E-state index contributed by atoms with van der Waals surface area (Å²) in [5.74, 6) is -1.02. The van der Waals surface area contributed by atoms with Gasteiger partial charge in [-0.05, 0) is 44.4 Å². The lowest BCUT2D eigenvalue weighted by atomic mass is 10.1. The molecule has 3 amide bonds. The molecular weight excluding hydrogens is 372 g/mol. The molecule has 2 heterocycles. The highest BCUT2D eigenvalue weighted by molar-refractivity contribution is 6.35. The van der Waals surface area contributed by atoms with Crippen molar-refractivity contribution in [3.63, 3.8) is 0 Å². The number of carbonyl (C=O) groups is 3. The summed E-state index contributed by atoms with van der Waals surface area (Å²) in [7, 11) is 0. The van der Waals surface area contributed by atoms with Crippen molar-refractivity contribution in [3.05, 3.63) is 29.8 Å². The third kappa shape index (κ3) is 5.40. The van der Waals surface area contributed by atoms with Crippen molar-refractivity contribution < 1.29 is 19.1 Å². The van der Waals surface area contributed by atoms with Crippen molar-refractivity contribution >= 4 is 23.6 Å². The van der Waals surface area contributed by atoms with E-state index in [-0.39, 0.29) is 12.1 Å². The molecule has 0 unspecified atom stereocenters. The summed E-state index contributed by atoms with van der Waals surface area (Å²) in [6.45, 7) is 7.70. The van der Waals surface area contributed by atoms with Gasteiger partial charge in [-0.2, -0.15) is 0 Å². The number of hydrogen-bond donors (Lipinski definition) is 1. The first-order valence-corrected chi connectivity index (χ1v) is 10.3. The van der Waals surface area contributed by atoms with Crippen molar-refractivity contribution in [1.29, 1.82) is 0 Å². The second kappa shape index (κ2) is 9.62. The lowest BCUT2D eigenvalue weighted by Crippen LogP contribution is -2.55. The Morgan fingerprint density at radius 2 is 1.72 bits per heavy atom. The second-order valence-corrected chi connectivity index (χ2v) is 7.55. The Morgan fingerprint density at radius 3 is 2.34 bits per heavy atom. The van der Waals surface area contributed by atoms with Crippen LogP contribution < -0.4 is 10.2 Å². The summed E-state index contributed by atoms with van der Waals surface area (Å²) in [6.07, 6.45) is 0.928. The lowest BCUT2D eigenvalue weighted by molar-refractivity contribution is -0.146. The number of carbonyl (C=O) groups excluding carboxylic acids is 3. The van der Waals surface area contributed by atoms with Gasteiger partial charge in [0, 0.05) is 51.0 Å². The first-order valence-electron chi connectivity index (χ1n) is 10.3. The van der Waals surface area contributed by atoms with E-state index >= 15 is 0 Å². The van der Waals surface area contributed by atoms with E-state index in [9.17, 15) is 14.4 Å². The number of ether oxygens (including phenoxy) is 1. The molecule has 2 aliphatic rings. The zero-order valence-electron chi connectivity index (χ0n) is 17.2. The first kappa shape index (κ1) is 21.0. The van der Waals surface area contributed by atoms with Crippen LogP contribution in [-0.4, -0.2) is 79.6 Å². The summed E-state index contributed by atoms with van der Waals surface area (Å²) < 4.78 is 5.00. The van der Waals surface area contributed by atoms with Crippen LogP contribution in [0.2, 0.25) is 0 Å². The van der Waals surface area contributed by atoms with Gasteiger partial charge in [-0.15, -0.1) is 0 Å². The van der Waals surface area contributed by atoms with Crippen molar-refractivity contribution in [1.82, 2.24) is 15.1 Å². The van der Waals surface area contributed by atoms with Crippen LogP contribution in [-0.2, 0) is 14.3 Å². The van der Waals surface area contributed by atoms with E-state index in [1.165, 1.54) is 5.56 Å². The number of nitrogens with zero attached hydrogens (tertiary/aromatic N) is 3. The molecule has 0 aliphatic carbocycles. The maximum Gasteiger partial charge on any atom is 0.409 e. The number of rotatable bonds is 3. The topological polar surface area (TPSA) is 82.2 Å². The Balaban J connectivity index is 1.43. The average Bonchev–Trinajstić information content (AvgIpc) is 2.74. The van der Waals surface area contributed by atoms with Crippen LogP contribution in [0.3, 0.4) is 0 Å². The van der Waals surface area contributed by atoms with Crippen molar-refractivity contribution in [2.24, 2.45) is 0 Å². The van der Waals surface area contributed by atoms with Crippen LogP contribution in [0, 0.1) is 6.92 Å². The maximum absolute atomic E-state index is 12.5. The van der Waals surface area contributed by atoms with Gasteiger partial charge in [-0.3, -0.25) is 9.59 Å². The number of piperidine rings is 1. The van der Waals surface area contributed by atoms with Gasteiger partial charge in [0.25, 0.3) is 0 Å². The number of piperazine rings is 1. The van der Waals surface area contributed by atoms with Crippen LogP contribution in [0.15, 0.2) is 24.3 Å². The smallest absolute Gasteiger partial charge is 0.409 e. The number of aryl methyl sites for hydroxylation is 1. The van der Waals surface area contributed by atoms with Crippen molar-refractivity contribution in [2.75, 3.05) is 50.8 Å². The molecule has 2 aliphatic heterocycles. The van der Waals surface area contributed by atoms with E-state index in [1.54, 1.807) is 16.7 Å². The zero-order valence-corrected chi connectivity index (χ0v) is 17.2. The molecule has 0 radical (unpaired) electrons. The average molecular weight is 402 g/mol. The van der Waals surface area contributed by atoms with E-state index < -0.39 is 11.8 Å². The Kier molecular flexibility index (Phi) is 6.95. The minimum Gasteiger partial charge on any atom is -0.450 e. The zero-order chi connectivity index (χ0) is 20.8. The van der Waals surface area contributed by atoms with Crippen molar-refractivity contribution in [3.8, 4) is 0 Å². The Labute approximate surface area is 171 Å². The third-order valence-electron chi connectivity index (χ3n) is 5.48. The highest BCUT2D eigenvalue weighted by atomic mass is 16.6. The first-order chi connectivity index (χ1) is 14.0. The predicted octanol–water partition coefficient (Wildman–Crippen LogP) is 1.38. The van der Waals surface area contributed by atoms with Crippen LogP contribution in [0.25, 0.3) is 0 Å². The minimum atomic E-state index is -0.552. The number of benzene rings is 1. The van der Waals surface area contributed by atoms with E-state index in [0.29, 0.717) is 58.7 Å². The van der Waals surface area contributed by atoms with Gasteiger partial charge in [-0.25, -0.2) is 4.79 Å². The predicted molar refractivity (Wildman–Crippen MR) is 110 cm³/mol. The second-order valence-electron chi connectivity index (χ2n) is 7.55. The summed E-state index contributed by atoms with van der Waals surface area (Å²) in [6, 6.07) is 8.20. The summed E-state index contributed by atoms with van der Waals surface area (Å²) in [4.78, 5) is 42.2. The summed E-state index contributed by atoms with van der Waals surface area (Å²) >= 11 is 0. The summed E-state index contributed by atoms with van der Waals surface area (Å²) in [5.41, 5.74) is 2.35. The van der Waals surface area contributed by atoms with Gasteiger partial charge in [-0.1, -0.05) is 12.1 Å². The Hall–Kier alpha value is -2.77. The van der Waals surface area contributed by atoms with Crippen molar-refractivity contribution in [2.45, 2.75) is 32.7 Å². The fourth-order valence-corrected chi connectivity index (χ4v) is 3.80. The molecule has 1 aromatic rings. The minimum absolute atomic E-state index is 0.0919. The molecule has 8 nitrogen and oxygen atoms in total. The van der Waals surface area contributed by atoms with E-state index in [4.69, 9.17) is 4.74 Å². The van der Waals surface area contributed by atoms with Crippen LogP contribution in [0.1, 0.15) is 25.3 Å². The van der Waals surface area contributed by atoms with Gasteiger partial charge in [0.2, 0.25) is 0 Å². The maximum atomic E-state index is 12.5. The van der Waals surface area contributed by atoms with E-state index in [2.05, 4.69) is 35.3 Å². The monoisotopic (exact) mass is 402 g/mol. The van der Waals surface area contributed by atoms with Crippen LogP contribution in [0.4, 0.5) is 10.5 Å². The Bertz CT molecular complexity index is 738. The molecule has 0 spiro atoms. The highest BCUT2D eigenvalue weighted by Gasteiger charge is 2.30. The quantitative estimate of drug-likeness (QED) is 0.773. The molecule has 0 aromatic heterocycles. The molecule has 8 heteroatoms. The van der Waals surface area contributed by atoms with Gasteiger partial charge >= 0.3 is 17.9 Å². The molecule has 1 aromatic carbocycles. The SMILES string of the molecule is CCOC(=O)N1CCC(NC(=O)C(=O)N2CCN(c3cccc(C)c3)CC2)CC1. The number of likely N-dealkylation sites (tertiary alicyclic amines) is 1. The largest absolute Gasteiger partial charge is 0.450 e. The molecule has 158 valence electrons. The number of amides is 3. The molecule has 2 saturated heterocycles. The molecule has 3 rings (SSSR count). The number of nitrogens with one attached hydrogen (secondary N) is 1. The molecule has 0 atom stereocenters. The Morgan fingerprint density at radius 1 is 1.03 bits per heavy atom.